The van der Waals surface area contributed by atoms with Crippen molar-refractivity contribution in [2.75, 3.05) is 6.61 Å². The molecular weight excluding hydrogens is 500 g/mol. The highest BCUT2D eigenvalue weighted by atomic mass is 16.7. The fraction of sp³-hybridized carbons (Fsp3) is 0.355. The van der Waals surface area contributed by atoms with Crippen molar-refractivity contribution in [3.63, 3.8) is 0 Å². The number of esters is 2. The van der Waals surface area contributed by atoms with Crippen LogP contribution < -0.4 is 0 Å². The van der Waals surface area contributed by atoms with Gasteiger partial charge in [-0.1, -0.05) is 91.0 Å². The van der Waals surface area contributed by atoms with Gasteiger partial charge in [-0.15, -0.1) is 0 Å². The summed E-state index contributed by atoms with van der Waals surface area (Å²) < 4.78 is 36.2. The third-order valence-corrected chi connectivity index (χ3v) is 6.18. The van der Waals surface area contributed by atoms with Crippen LogP contribution in [0.2, 0.25) is 0 Å². The minimum absolute atomic E-state index is 0.108. The van der Waals surface area contributed by atoms with Crippen molar-refractivity contribution >= 4 is 11.9 Å². The molecule has 8 heteroatoms. The maximum absolute atomic E-state index is 12.1. The van der Waals surface area contributed by atoms with Gasteiger partial charge in [0.1, 0.15) is 31.0 Å². The number of benzene rings is 3. The Kier molecular flexibility index (Phi) is 10.6. The van der Waals surface area contributed by atoms with Crippen molar-refractivity contribution in [3.8, 4) is 0 Å². The monoisotopic (exact) mass is 534 g/mol. The Morgan fingerprint density at radius 1 is 0.615 bits per heavy atom. The molecule has 206 valence electrons. The highest BCUT2D eigenvalue weighted by Gasteiger charge is 2.50. The van der Waals surface area contributed by atoms with Crippen molar-refractivity contribution in [3.05, 3.63) is 108 Å². The molecule has 39 heavy (non-hydrogen) atoms. The quantitative estimate of drug-likeness (QED) is 0.312. The molecule has 3 aromatic carbocycles. The standard InChI is InChI=1S/C31H34O8/c1-22(32)34-21-27-28(35-18-24-12-6-3-7-13-24)29(36-19-25-14-8-4-9-15-25)30(31(39-27)38-23(2)33)37-20-26-16-10-5-11-17-26/h3-17,27-31H,18-21H2,1-2H3/t27-,28-,29+,30+,31+/m1/s1. The van der Waals surface area contributed by atoms with Gasteiger partial charge < -0.3 is 28.4 Å². The van der Waals surface area contributed by atoms with Crippen molar-refractivity contribution in [2.24, 2.45) is 0 Å². The Morgan fingerprint density at radius 3 is 1.49 bits per heavy atom. The lowest BCUT2D eigenvalue weighted by molar-refractivity contribution is -0.318. The van der Waals surface area contributed by atoms with Crippen LogP contribution in [0.1, 0.15) is 30.5 Å². The average Bonchev–Trinajstić information content (AvgIpc) is 2.95. The molecule has 0 radical (unpaired) electrons. The zero-order chi connectivity index (χ0) is 27.5. The highest BCUT2D eigenvalue weighted by molar-refractivity contribution is 5.66. The zero-order valence-electron chi connectivity index (χ0n) is 22.1. The molecule has 1 fully saturated rings. The third kappa shape index (κ3) is 8.73. The van der Waals surface area contributed by atoms with E-state index in [-0.39, 0.29) is 26.4 Å². The first-order valence-electron chi connectivity index (χ1n) is 12.9. The molecule has 5 atom stereocenters. The normalized spacial score (nSPS) is 22.7. The van der Waals surface area contributed by atoms with Gasteiger partial charge in [-0.05, 0) is 16.7 Å². The van der Waals surface area contributed by atoms with Gasteiger partial charge in [-0.25, -0.2) is 0 Å². The van der Waals surface area contributed by atoms with Crippen molar-refractivity contribution in [2.45, 2.75) is 64.4 Å². The van der Waals surface area contributed by atoms with E-state index in [1.165, 1.54) is 13.8 Å². The van der Waals surface area contributed by atoms with Crippen LogP contribution in [0.5, 0.6) is 0 Å². The van der Waals surface area contributed by atoms with E-state index >= 15 is 0 Å². The third-order valence-electron chi connectivity index (χ3n) is 6.18. The average molecular weight is 535 g/mol. The summed E-state index contributed by atoms with van der Waals surface area (Å²) in [5.41, 5.74) is 2.84. The van der Waals surface area contributed by atoms with E-state index in [0.29, 0.717) is 0 Å². The first-order chi connectivity index (χ1) is 19.0. The summed E-state index contributed by atoms with van der Waals surface area (Å²) >= 11 is 0. The Balaban J connectivity index is 1.64. The van der Waals surface area contributed by atoms with Gasteiger partial charge >= 0.3 is 11.9 Å². The summed E-state index contributed by atoms with van der Waals surface area (Å²) in [7, 11) is 0. The van der Waals surface area contributed by atoms with Crippen molar-refractivity contribution in [1.29, 1.82) is 0 Å². The summed E-state index contributed by atoms with van der Waals surface area (Å²) in [6.07, 6.45) is -4.15. The second kappa shape index (κ2) is 14.6. The Hall–Kier alpha value is -3.56. The zero-order valence-corrected chi connectivity index (χ0v) is 22.1. The second-order valence-corrected chi connectivity index (χ2v) is 9.24. The van der Waals surface area contributed by atoms with Crippen LogP contribution in [0, 0.1) is 0 Å². The molecule has 0 saturated carbocycles. The predicted molar refractivity (Wildman–Crippen MR) is 142 cm³/mol. The largest absolute Gasteiger partial charge is 0.463 e. The minimum Gasteiger partial charge on any atom is -0.463 e. The molecule has 8 nitrogen and oxygen atoms in total. The molecule has 0 aliphatic carbocycles. The van der Waals surface area contributed by atoms with Crippen LogP contribution in [0.25, 0.3) is 0 Å². The topological polar surface area (TPSA) is 89.5 Å². The summed E-state index contributed by atoms with van der Waals surface area (Å²) in [5.74, 6) is -1.00. The highest BCUT2D eigenvalue weighted by Crippen LogP contribution is 2.31. The molecule has 0 N–H and O–H groups in total. The number of ether oxygens (including phenoxy) is 6. The summed E-state index contributed by atoms with van der Waals surface area (Å²) in [6, 6.07) is 29.1. The van der Waals surface area contributed by atoms with Gasteiger partial charge in [0.15, 0.2) is 0 Å². The van der Waals surface area contributed by atoms with E-state index in [0.717, 1.165) is 16.7 Å². The van der Waals surface area contributed by atoms with E-state index in [1.807, 2.05) is 91.0 Å². The van der Waals surface area contributed by atoms with Crippen LogP contribution in [-0.2, 0) is 57.8 Å². The molecule has 1 heterocycles. The smallest absolute Gasteiger partial charge is 0.305 e. The lowest BCUT2D eigenvalue weighted by Gasteiger charge is -2.45. The first-order valence-corrected chi connectivity index (χ1v) is 12.9. The van der Waals surface area contributed by atoms with Crippen LogP contribution in [-0.4, -0.2) is 49.3 Å². The van der Waals surface area contributed by atoms with Gasteiger partial charge in [0.2, 0.25) is 6.29 Å². The molecule has 4 rings (SSSR count). The van der Waals surface area contributed by atoms with Crippen LogP contribution in [0.4, 0.5) is 0 Å². The maximum Gasteiger partial charge on any atom is 0.305 e. The van der Waals surface area contributed by atoms with Crippen LogP contribution >= 0.6 is 0 Å². The van der Waals surface area contributed by atoms with Crippen molar-refractivity contribution in [1.82, 2.24) is 0 Å². The molecule has 1 aliphatic rings. The summed E-state index contributed by atoms with van der Waals surface area (Å²) in [6.45, 7) is 3.27. The van der Waals surface area contributed by atoms with Gasteiger partial charge in [-0.3, -0.25) is 9.59 Å². The minimum atomic E-state index is -1.11. The second-order valence-electron chi connectivity index (χ2n) is 9.24. The fourth-order valence-corrected chi connectivity index (χ4v) is 4.34. The molecule has 3 aromatic rings. The Bertz CT molecular complexity index is 1150. The Labute approximate surface area is 228 Å². The number of rotatable bonds is 12. The number of carbonyl (C=O) groups is 2. The summed E-state index contributed by atoms with van der Waals surface area (Å²) in [4.78, 5) is 23.8. The van der Waals surface area contributed by atoms with E-state index in [1.54, 1.807) is 0 Å². The van der Waals surface area contributed by atoms with Crippen LogP contribution in [0.15, 0.2) is 91.0 Å². The number of hydrogen-bond acceptors (Lipinski definition) is 8. The fourth-order valence-electron chi connectivity index (χ4n) is 4.34. The Morgan fingerprint density at radius 2 is 1.05 bits per heavy atom. The van der Waals surface area contributed by atoms with Crippen molar-refractivity contribution < 1.29 is 38.0 Å². The molecule has 0 amide bonds. The van der Waals surface area contributed by atoms with Gasteiger partial charge in [0.25, 0.3) is 0 Å². The number of hydrogen-bond donors (Lipinski definition) is 0. The van der Waals surface area contributed by atoms with Gasteiger partial charge in [0.05, 0.1) is 19.8 Å². The summed E-state index contributed by atoms with van der Waals surface area (Å²) in [5, 5.41) is 0. The van der Waals surface area contributed by atoms with E-state index in [4.69, 9.17) is 28.4 Å². The molecule has 0 spiro atoms. The molecule has 0 unspecified atom stereocenters. The maximum atomic E-state index is 12.1. The predicted octanol–water partition coefficient (Wildman–Crippen LogP) is 4.59. The van der Waals surface area contributed by atoms with Gasteiger partial charge in [-0.2, -0.15) is 0 Å². The molecule has 1 saturated heterocycles. The van der Waals surface area contributed by atoms with E-state index in [9.17, 15) is 9.59 Å². The lowest BCUT2D eigenvalue weighted by Crippen LogP contribution is -2.62. The molecule has 1 aliphatic heterocycles. The lowest BCUT2D eigenvalue weighted by atomic mass is 9.97. The number of carbonyl (C=O) groups excluding carboxylic acids is 2. The SMILES string of the molecule is CC(=O)OC[C@H]1O[C@H](OC(C)=O)[C@@H](OCc2ccccc2)[C@@H](OCc2ccccc2)[C@@H]1OCc1ccccc1. The van der Waals surface area contributed by atoms with Gasteiger partial charge in [0, 0.05) is 13.8 Å². The van der Waals surface area contributed by atoms with Crippen LogP contribution in [0.3, 0.4) is 0 Å². The molecule has 0 bridgehead atoms. The van der Waals surface area contributed by atoms with E-state index in [2.05, 4.69) is 0 Å². The first kappa shape index (κ1) is 28.4. The molecular formula is C31H34O8. The van der Waals surface area contributed by atoms with E-state index < -0.39 is 42.6 Å². The molecule has 0 aromatic heterocycles.